The molecule has 1 saturated carbocycles. The highest BCUT2D eigenvalue weighted by Crippen LogP contribution is 2.24. The number of carbonyl (C=O) groups is 1. The Labute approximate surface area is 130 Å². The molecule has 2 fully saturated rings. The molecule has 116 valence electrons. The summed E-state index contributed by atoms with van der Waals surface area (Å²) < 4.78 is 5.59. The van der Waals surface area contributed by atoms with Crippen LogP contribution in [0.15, 0.2) is 6.07 Å². The van der Waals surface area contributed by atoms with Crippen LogP contribution in [0.4, 0.5) is 5.82 Å². The fraction of sp³-hybridized carbons (Fsp3) is 0.562. The van der Waals surface area contributed by atoms with Gasteiger partial charge in [0.1, 0.15) is 11.9 Å². The topological polar surface area (TPSA) is 78.2 Å². The lowest BCUT2D eigenvalue weighted by atomic mass is 10.1. The number of nitrogens with zero attached hydrogens (tertiary/aromatic N) is 3. The van der Waals surface area contributed by atoms with Gasteiger partial charge in [-0.25, -0.2) is 4.98 Å². The molecule has 0 bridgehead atoms. The number of nitriles is 1. The Bertz CT molecular complexity index is 634. The highest BCUT2D eigenvalue weighted by atomic mass is 16.5. The number of anilines is 1. The van der Waals surface area contributed by atoms with Crippen molar-refractivity contribution in [3.8, 4) is 6.07 Å². The highest BCUT2D eigenvalue weighted by molar-refractivity contribution is 5.82. The first kappa shape index (κ1) is 14.8. The molecule has 3 rings (SSSR count). The Morgan fingerprint density at radius 3 is 2.95 bits per heavy atom. The van der Waals surface area contributed by atoms with Crippen molar-refractivity contribution < 1.29 is 9.53 Å². The summed E-state index contributed by atoms with van der Waals surface area (Å²) in [6.07, 6.45) is 1.61. The van der Waals surface area contributed by atoms with Crippen LogP contribution in [0.5, 0.6) is 0 Å². The summed E-state index contributed by atoms with van der Waals surface area (Å²) >= 11 is 0. The molecule has 2 aliphatic rings. The summed E-state index contributed by atoms with van der Waals surface area (Å²) in [5, 5.41) is 12.4. The Kier molecular flexibility index (Phi) is 3.99. The third-order valence-electron chi connectivity index (χ3n) is 4.02. The zero-order valence-electron chi connectivity index (χ0n) is 12.9. The SMILES string of the molecule is Cc1cc(C)c(C#N)c(N2CCOC(C(=O)NC3CC3)C2)n1. The van der Waals surface area contributed by atoms with Crippen molar-refractivity contribution in [1.29, 1.82) is 5.26 Å². The number of rotatable bonds is 3. The lowest BCUT2D eigenvalue weighted by Gasteiger charge is -2.33. The van der Waals surface area contributed by atoms with Gasteiger partial charge in [-0.15, -0.1) is 0 Å². The van der Waals surface area contributed by atoms with Gasteiger partial charge in [0.15, 0.2) is 6.10 Å². The van der Waals surface area contributed by atoms with Crippen LogP contribution < -0.4 is 10.2 Å². The molecule has 0 spiro atoms. The normalized spacial score (nSPS) is 21.3. The number of amides is 1. The Balaban J connectivity index is 1.79. The van der Waals surface area contributed by atoms with Gasteiger partial charge >= 0.3 is 0 Å². The third kappa shape index (κ3) is 3.04. The molecular formula is C16H20N4O2. The molecule has 1 aliphatic carbocycles. The minimum absolute atomic E-state index is 0.0601. The molecule has 1 atom stereocenters. The molecule has 0 aromatic carbocycles. The van der Waals surface area contributed by atoms with Crippen molar-refractivity contribution >= 4 is 11.7 Å². The van der Waals surface area contributed by atoms with Crippen LogP contribution in [0.1, 0.15) is 29.7 Å². The molecule has 1 amide bonds. The first-order valence-corrected chi connectivity index (χ1v) is 7.63. The van der Waals surface area contributed by atoms with Crippen LogP contribution >= 0.6 is 0 Å². The summed E-state index contributed by atoms with van der Waals surface area (Å²) in [7, 11) is 0. The predicted molar refractivity (Wildman–Crippen MR) is 81.5 cm³/mol. The minimum atomic E-state index is -0.497. The lowest BCUT2D eigenvalue weighted by Crippen LogP contribution is -2.50. The second kappa shape index (κ2) is 5.93. The first-order chi connectivity index (χ1) is 10.6. The zero-order valence-corrected chi connectivity index (χ0v) is 12.9. The number of aryl methyl sites for hydroxylation is 2. The van der Waals surface area contributed by atoms with Gasteiger partial charge in [0.05, 0.1) is 18.7 Å². The Hall–Kier alpha value is -2.13. The van der Waals surface area contributed by atoms with E-state index in [9.17, 15) is 10.1 Å². The van der Waals surface area contributed by atoms with Gasteiger partial charge in [0.2, 0.25) is 0 Å². The lowest BCUT2D eigenvalue weighted by molar-refractivity contribution is -0.133. The fourth-order valence-electron chi connectivity index (χ4n) is 2.71. The monoisotopic (exact) mass is 300 g/mol. The van der Waals surface area contributed by atoms with E-state index in [1.165, 1.54) is 0 Å². The molecule has 2 heterocycles. The molecule has 6 heteroatoms. The molecule has 1 aromatic heterocycles. The molecule has 1 N–H and O–H groups in total. The number of hydrogen-bond donors (Lipinski definition) is 1. The average Bonchev–Trinajstić information content (AvgIpc) is 3.30. The van der Waals surface area contributed by atoms with Gasteiger partial charge in [0.25, 0.3) is 5.91 Å². The van der Waals surface area contributed by atoms with Gasteiger partial charge in [-0.05, 0) is 38.3 Å². The van der Waals surface area contributed by atoms with Gasteiger partial charge in [-0.1, -0.05) is 0 Å². The van der Waals surface area contributed by atoms with Crippen molar-refractivity contribution in [2.45, 2.75) is 38.8 Å². The second-order valence-electron chi connectivity index (χ2n) is 5.98. The molecule has 1 aromatic rings. The van der Waals surface area contributed by atoms with Gasteiger partial charge in [-0.3, -0.25) is 4.79 Å². The summed E-state index contributed by atoms with van der Waals surface area (Å²) in [5.41, 5.74) is 2.36. The Morgan fingerprint density at radius 1 is 1.50 bits per heavy atom. The number of morpholine rings is 1. The molecule has 6 nitrogen and oxygen atoms in total. The van der Waals surface area contributed by atoms with Crippen LogP contribution in [0.3, 0.4) is 0 Å². The van der Waals surface area contributed by atoms with E-state index in [0.29, 0.717) is 37.1 Å². The van der Waals surface area contributed by atoms with Crippen molar-refractivity contribution in [3.05, 3.63) is 22.9 Å². The van der Waals surface area contributed by atoms with E-state index in [1.807, 2.05) is 24.8 Å². The number of ether oxygens (including phenoxy) is 1. The summed E-state index contributed by atoms with van der Waals surface area (Å²) in [6.45, 7) is 5.35. The van der Waals surface area contributed by atoms with Gasteiger partial charge in [-0.2, -0.15) is 5.26 Å². The zero-order chi connectivity index (χ0) is 15.7. The molecular weight excluding hydrogens is 280 g/mol. The van der Waals surface area contributed by atoms with E-state index in [0.717, 1.165) is 24.1 Å². The van der Waals surface area contributed by atoms with Crippen molar-refractivity contribution in [1.82, 2.24) is 10.3 Å². The maximum Gasteiger partial charge on any atom is 0.251 e. The van der Waals surface area contributed by atoms with E-state index >= 15 is 0 Å². The number of nitrogens with one attached hydrogen (secondary N) is 1. The smallest absolute Gasteiger partial charge is 0.251 e. The van der Waals surface area contributed by atoms with E-state index in [-0.39, 0.29) is 5.91 Å². The number of carbonyl (C=O) groups excluding carboxylic acids is 1. The van der Waals surface area contributed by atoms with Crippen molar-refractivity contribution in [3.63, 3.8) is 0 Å². The standard InChI is InChI=1S/C16H20N4O2/c1-10-7-11(2)18-15(13(10)8-17)20-5-6-22-14(9-20)16(21)19-12-3-4-12/h7,12,14H,3-6,9H2,1-2H3,(H,19,21). The molecule has 1 unspecified atom stereocenters. The van der Waals surface area contributed by atoms with Gasteiger partial charge in [0, 0.05) is 18.3 Å². The predicted octanol–water partition coefficient (Wildman–Crippen LogP) is 1.05. The Morgan fingerprint density at radius 2 is 2.27 bits per heavy atom. The summed E-state index contributed by atoms with van der Waals surface area (Å²) in [4.78, 5) is 18.7. The summed E-state index contributed by atoms with van der Waals surface area (Å²) in [5.74, 6) is 0.600. The van der Waals surface area contributed by atoms with E-state index in [4.69, 9.17) is 4.74 Å². The highest BCUT2D eigenvalue weighted by Gasteiger charge is 2.32. The van der Waals surface area contributed by atoms with Crippen LogP contribution in [-0.2, 0) is 9.53 Å². The quantitative estimate of drug-likeness (QED) is 0.903. The number of hydrogen-bond acceptors (Lipinski definition) is 5. The molecule has 0 radical (unpaired) electrons. The maximum absolute atomic E-state index is 12.2. The maximum atomic E-state index is 12.2. The molecule has 1 saturated heterocycles. The van der Waals surface area contributed by atoms with Gasteiger partial charge < -0.3 is 15.0 Å². The number of pyridine rings is 1. The van der Waals surface area contributed by atoms with E-state index in [2.05, 4.69) is 16.4 Å². The molecule has 22 heavy (non-hydrogen) atoms. The van der Waals surface area contributed by atoms with E-state index in [1.54, 1.807) is 0 Å². The van der Waals surface area contributed by atoms with Crippen LogP contribution in [0.25, 0.3) is 0 Å². The largest absolute Gasteiger partial charge is 0.365 e. The third-order valence-corrected chi connectivity index (χ3v) is 4.02. The second-order valence-corrected chi connectivity index (χ2v) is 5.98. The van der Waals surface area contributed by atoms with Crippen LogP contribution in [-0.4, -0.2) is 42.7 Å². The van der Waals surface area contributed by atoms with Crippen LogP contribution in [0.2, 0.25) is 0 Å². The molecule has 1 aliphatic heterocycles. The van der Waals surface area contributed by atoms with Crippen molar-refractivity contribution in [2.75, 3.05) is 24.6 Å². The van der Waals surface area contributed by atoms with Crippen LogP contribution in [0, 0.1) is 25.2 Å². The summed E-state index contributed by atoms with van der Waals surface area (Å²) in [6, 6.07) is 4.45. The first-order valence-electron chi connectivity index (χ1n) is 7.63. The minimum Gasteiger partial charge on any atom is -0.365 e. The van der Waals surface area contributed by atoms with Crippen molar-refractivity contribution in [2.24, 2.45) is 0 Å². The van der Waals surface area contributed by atoms with E-state index < -0.39 is 6.10 Å². The average molecular weight is 300 g/mol. The fourth-order valence-corrected chi connectivity index (χ4v) is 2.71. The number of aromatic nitrogens is 1.